The van der Waals surface area contributed by atoms with Crippen LogP contribution in [-0.2, 0) is 0 Å². The Hall–Kier alpha value is -0.980. The van der Waals surface area contributed by atoms with Gasteiger partial charge >= 0.3 is 0 Å². The molecule has 114 valence electrons. The van der Waals surface area contributed by atoms with E-state index >= 15 is 0 Å². The third-order valence-corrected chi connectivity index (χ3v) is 3.93. The van der Waals surface area contributed by atoms with E-state index in [-0.39, 0.29) is 0 Å². The molecule has 0 saturated carbocycles. The van der Waals surface area contributed by atoms with Crippen molar-refractivity contribution in [3.05, 3.63) is 29.8 Å². The number of unbranched alkanes of at least 4 members (excludes halogenated alkanes) is 6. The molecular formula is C19H33N. The molecule has 0 bridgehead atoms. The van der Waals surface area contributed by atoms with Gasteiger partial charge in [0.15, 0.2) is 0 Å². The Morgan fingerprint density at radius 3 is 1.90 bits per heavy atom. The zero-order chi connectivity index (χ0) is 14.6. The monoisotopic (exact) mass is 275 g/mol. The number of hydrogen-bond donors (Lipinski definition) is 0. The zero-order valence-corrected chi connectivity index (χ0v) is 13.8. The van der Waals surface area contributed by atoms with Gasteiger partial charge < -0.3 is 4.90 Å². The van der Waals surface area contributed by atoms with E-state index < -0.39 is 0 Å². The van der Waals surface area contributed by atoms with E-state index in [1.807, 2.05) is 0 Å². The molecule has 0 radical (unpaired) electrons. The van der Waals surface area contributed by atoms with Gasteiger partial charge in [0, 0.05) is 18.8 Å². The second kappa shape index (κ2) is 10.8. The molecular weight excluding hydrogens is 242 g/mol. The Balaban J connectivity index is 2.49. The first-order chi connectivity index (χ1) is 9.77. The normalized spacial score (nSPS) is 10.8. The summed E-state index contributed by atoms with van der Waals surface area (Å²) in [5, 5.41) is 0. The van der Waals surface area contributed by atoms with Gasteiger partial charge in [0.1, 0.15) is 0 Å². The van der Waals surface area contributed by atoms with Crippen LogP contribution in [0.4, 0.5) is 5.69 Å². The third-order valence-electron chi connectivity index (χ3n) is 3.93. The summed E-state index contributed by atoms with van der Waals surface area (Å²) in [4.78, 5) is 2.60. The molecule has 1 heteroatoms. The summed E-state index contributed by atoms with van der Waals surface area (Å²) in [6.07, 6.45) is 10.8. The van der Waals surface area contributed by atoms with Gasteiger partial charge in [-0.1, -0.05) is 64.5 Å². The third kappa shape index (κ3) is 6.98. The first kappa shape index (κ1) is 17.1. The topological polar surface area (TPSA) is 3.24 Å². The summed E-state index contributed by atoms with van der Waals surface area (Å²) in [6, 6.07) is 8.98. The summed E-state index contributed by atoms with van der Waals surface area (Å²) in [5.74, 6) is 0. The highest BCUT2D eigenvalue weighted by molar-refractivity contribution is 5.48. The second-order valence-corrected chi connectivity index (χ2v) is 5.95. The van der Waals surface area contributed by atoms with Crippen molar-refractivity contribution < 1.29 is 0 Å². The highest BCUT2D eigenvalue weighted by Crippen LogP contribution is 2.18. The molecule has 0 aromatic heterocycles. The lowest BCUT2D eigenvalue weighted by Gasteiger charge is -2.25. The molecule has 0 atom stereocenters. The molecule has 0 heterocycles. The fourth-order valence-corrected chi connectivity index (χ4v) is 2.65. The van der Waals surface area contributed by atoms with Crippen LogP contribution < -0.4 is 4.90 Å². The van der Waals surface area contributed by atoms with Crippen LogP contribution in [-0.4, -0.2) is 13.1 Å². The van der Waals surface area contributed by atoms with Crippen LogP contribution in [0.3, 0.4) is 0 Å². The number of anilines is 1. The van der Waals surface area contributed by atoms with Crippen LogP contribution >= 0.6 is 0 Å². The number of benzene rings is 1. The molecule has 1 nitrogen and oxygen atoms in total. The fraction of sp³-hybridized carbons (Fsp3) is 0.684. The Kier molecular flexibility index (Phi) is 9.19. The van der Waals surface area contributed by atoms with Crippen molar-refractivity contribution >= 4 is 5.69 Å². The van der Waals surface area contributed by atoms with Gasteiger partial charge in [-0.25, -0.2) is 0 Å². The Morgan fingerprint density at radius 1 is 0.800 bits per heavy atom. The van der Waals surface area contributed by atoms with Gasteiger partial charge in [0.2, 0.25) is 0 Å². The van der Waals surface area contributed by atoms with E-state index in [1.54, 1.807) is 0 Å². The van der Waals surface area contributed by atoms with Crippen LogP contribution in [0.15, 0.2) is 24.3 Å². The summed E-state index contributed by atoms with van der Waals surface area (Å²) in [6.45, 7) is 9.19. The lowest BCUT2D eigenvalue weighted by atomic mass is 10.1. The summed E-state index contributed by atoms with van der Waals surface area (Å²) in [5.41, 5.74) is 2.78. The average molecular weight is 275 g/mol. The minimum Gasteiger partial charge on any atom is -0.372 e. The SMILES string of the molecule is CCCCCCN(CCCCCC)c1cccc(C)c1. The smallest absolute Gasteiger partial charge is 0.0368 e. The van der Waals surface area contributed by atoms with Crippen LogP contribution in [0, 0.1) is 6.92 Å². The van der Waals surface area contributed by atoms with Gasteiger partial charge in [0.25, 0.3) is 0 Å². The maximum atomic E-state index is 2.60. The van der Waals surface area contributed by atoms with Crippen molar-refractivity contribution in [2.45, 2.75) is 72.1 Å². The van der Waals surface area contributed by atoms with Crippen molar-refractivity contribution in [2.75, 3.05) is 18.0 Å². The van der Waals surface area contributed by atoms with Gasteiger partial charge in [-0.3, -0.25) is 0 Å². The summed E-state index contributed by atoms with van der Waals surface area (Å²) in [7, 11) is 0. The second-order valence-electron chi connectivity index (χ2n) is 5.95. The molecule has 0 saturated heterocycles. The van der Waals surface area contributed by atoms with Crippen molar-refractivity contribution in [1.29, 1.82) is 0 Å². The summed E-state index contributed by atoms with van der Waals surface area (Å²) >= 11 is 0. The highest BCUT2D eigenvalue weighted by Gasteiger charge is 2.06. The Bertz CT molecular complexity index is 333. The molecule has 0 spiro atoms. The lowest BCUT2D eigenvalue weighted by molar-refractivity contribution is 0.609. The number of aryl methyl sites for hydroxylation is 1. The van der Waals surface area contributed by atoms with Gasteiger partial charge in [-0.05, 0) is 37.5 Å². The van der Waals surface area contributed by atoms with Crippen LogP contribution in [0.2, 0.25) is 0 Å². The largest absolute Gasteiger partial charge is 0.372 e. The van der Waals surface area contributed by atoms with Gasteiger partial charge in [-0.2, -0.15) is 0 Å². The minimum absolute atomic E-state index is 1.22. The molecule has 0 unspecified atom stereocenters. The first-order valence-electron chi connectivity index (χ1n) is 8.59. The molecule has 0 aliphatic rings. The molecule has 0 fully saturated rings. The molecule has 0 aliphatic heterocycles. The highest BCUT2D eigenvalue weighted by atomic mass is 15.1. The maximum absolute atomic E-state index is 2.60. The Labute approximate surface area is 126 Å². The van der Waals surface area contributed by atoms with E-state index in [0.29, 0.717) is 0 Å². The predicted molar refractivity (Wildman–Crippen MR) is 91.7 cm³/mol. The van der Waals surface area contributed by atoms with Crippen molar-refractivity contribution in [3.63, 3.8) is 0 Å². The standard InChI is InChI=1S/C19H33N/c1-4-6-8-10-15-20(16-11-9-7-5-2)19-14-12-13-18(3)17-19/h12-14,17H,4-11,15-16H2,1-3H3. The van der Waals surface area contributed by atoms with Crippen LogP contribution in [0.25, 0.3) is 0 Å². The molecule has 1 rings (SSSR count). The molecule has 1 aromatic carbocycles. The van der Waals surface area contributed by atoms with Crippen LogP contribution in [0.5, 0.6) is 0 Å². The molecule has 20 heavy (non-hydrogen) atoms. The summed E-state index contributed by atoms with van der Waals surface area (Å²) < 4.78 is 0. The maximum Gasteiger partial charge on any atom is 0.0368 e. The van der Waals surface area contributed by atoms with E-state index in [0.717, 1.165) is 0 Å². The first-order valence-corrected chi connectivity index (χ1v) is 8.59. The minimum atomic E-state index is 1.22. The predicted octanol–water partition coefficient (Wildman–Crippen LogP) is 5.96. The van der Waals surface area contributed by atoms with E-state index in [9.17, 15) is 0 Å². The van der Waals surface area contributed by atoms with E-state index in [2.05, 4.69) is 49.9 Å². The van der Waals surface area contributed by atoms with Gasteiger partial charge in [0.05, 0.1) is 0 Å². The number of nitrogens with zero attached hydrogens (tertiary/aromatic N) is 1. The van der Waals surface area contributed by atoms with Crippen molar-refractivity contribution in [2.24, 2.45) is 0 Å². The van der Waals surface area contributed by atoms with E-state index in [1.165, 1.54) is 75.7 Å². The molecule has 0 amide bonds. The number of hydrogen-bond acceptors (Lipinski definition) is 1. The zero-order valence-electron chi connectivity index (χ0n) is 13.8. The number of rotatable bonds is 11. The van der Waals surface area contributed by atoms with Crippen molar-refractivity contribution in [3.8, 4) is 0 Å². The molecule has 0 aliphatic carbocycles. The van der Waals surface area contributed by atoms with Gasteiger partial charge in [-0.15, -0.1) is 0 Å². The van der Waals surface area contributed by atoms with Crippen LogP contribution in [0.1, 0.15) is 70.8 Å². The molecule has 0 N–H and O–H groups in total. The average Bonchev–Trinajstić information content (AvgIpc) is 2.45. The Morgan fingerprint density at radius 2 is 1.40 bits per heavy atom. The van der Waals surface area contributed by atoms with Crippen molar-refractivity contribution in [1.82, 2.24) is 0 Å². The molecule has 1 aromatic rings. The lowest BCUT2D eigenvalue weighted by Crippen LogP contribution is -2.25. The quantitative estimate of drug-likeness (QED) is 0.450. The fourth-order valence-electron chi connectivity index (χ4n) is 2.65. The van der Waals surface area contributed by atoms with E-state index in [4.69, 9.17) is 0 Å².